The highest BCUT2D eigenvalue weighted by atomic mass is 19.1. The molecule has 0 aromatic heterocycles. The molecule has 0 bridgehead atoms. The Kier molecular flexibility index (Phi) is 2.77. The molecule has 3 nitrogen and oxygen atoms in total. The van der Waals surface area contributed by atoms with Crippen LogP contribution in [0.2, 0.25) is 0 Å². The molecule has 0 spiro atoms. The van der Waals surface area contributed by atoms with Gasteiger partial charge in [-0.1, -0.05) is 0 Å². The van der Waals surface area contributed by atoms with Crippen LogP contribution in [-0.2, 0) is 4.79 Å². The van der Waals surface area contributed by atoms with Gasteiger partial charge in [-0.25, -0.2) is 8.78 Å². The fraction of sp³-hybridized carbons (Fsp3) is 0.364. The quantitative estimate of drug-likeness (QED) is 0.838. The van der Waals surface area contributed by atoms with Crippen molar-refractivity contribution in [3.8, 4) is 0 Å². The van der Waals surface area contributed by atoms with Crippen LogP contribution in [-0.4, -0.2) is 24.2 Å². The van der Waals surface area contributed by atoms with Crippen LogP contribution in [0.15, 0.2) is 18.2 Å². The van der Waals surface area contributed by atoms with E-state index in [2.05, 4.69) is 0 Å². The standard InChI is InChI=1S/C11H11F2NO2/c12-8-1-2-9(13)10(5-8)14-4-3-7(6-14)11(15)16/h1-2,5,7H,3-4,6H2,(H,15,16). The van der Waals surface area contributed by atoms with E-state index in [9.17, 15) is 13.6 Å². The van der Waals surface area contributed by atoms with Crippen LogP contribution in [0.5, 0.6) is 0 Å². The predicted octanol–water partition coefficient (Wildman–Crippen LogP) is 1.88. The van der Waals surface area contributed by atoms with Crippen molar-refractivity contribution in [3.63, 3.8) is 0 Å². The van der Waals surface area contributed by atoms with E-state index in [-0.39, 0.29) is 12.2 Å². The maximum absolute atomic E-state index is 13.4. The van der Waals surface area contributed by atoms with Crippen LogP contribution in [0.1, 0.15) is 6.42 Å². The van der Waals surface area contributed by atoms with Crippen LogP contribution in [0.25, 0.3) is 0 Å². The molecule has 1 atom stereocenters. The minimum Gasteiger partial charge on any atom is -0.481 e. The Morgan fingerprint density at radius 3 is 2.81 bits per heavy atom. The van der Waals surface area contributed by atoms with Crippen LogP contribution in [0.3, 0.4) is 0 Å². The molecule has 0 aliphatic carbocycles. The molecule has 16 heavy (non-hydrogen) atoms. The zero-order chi connectivity index (χ0) is 11.7. The van der Waals surface area contributed by atoms with Crippen LogP contribution in [0.4, 0.5) is 14.5 Å². The number of carbonyl (C=O) groups is 1. The van der Waals surface area contributed by atoms with E-state index < -0.39 is 23.5 Å². The maximum Gasteiger partial charge on any atom is 0.308 e. The van der Waals surface area contributed by atoms with Crippen molar-refractivity contribution in [1.29, 1.82) is 0 Å². The molecule has 5 heteroatoms. The number of aliphatic carboxylic acids is 1. The first-order valence-electron chi connectivity index (χ1n) is 5.00. The monoisotopic (exact) mass is 227 g/mol. The Morgan fingerprint density at radius 2 is 2.19 bits per heavy atom. The Hall–Kier alpha value is -1.65. The fourth-order valence-corrected chi connectivity index (χ4v) is 1.91. The summed E-state index contributed by atoms with van der Waals surface area (Å²) in [7, 11) is 0. The van der Waals surface area contributed by atoms with Gasteiger partial charge in [0, 0.05) is 19.2 Å². The molecule has 0 amide bonds. The second-order valence-corrected chi connectivity index (χ2v) is 3.87. The molecule has 1 aromatic rings. The van der Waals surface area contributed by atoms with Gasteiger partial charge in [0.25, 0.3) is 0 Å². The number of carboxylic acid groups (broad SMARTS) is 1. The number of halogens is 2. The Labute approximate surface area is 91.3 Å². The van der Waals surface area contributed by atoms with E-state index in [0.29, 0.717) is 13.0 Å². The molecule has 1 heterocycles. The number of hydrogen-bond donors (Lipinski definition) is 1. The lowest BCUT2D eigenvalue weighted by atomic mass is 10.1. The summed E-state index contributed by atoms with van der Waals surface area (Å²) in [5, 5.41) is 8.81. The van der Waals surface area contributed by atoms with Crippen molar-refractivity contribution in [2.45, 2.75) is 6.42 Å². The SMILES string of the molecule is O=C(O)C1CCN(c2cc(F)ccc2F)C1. The first-order chi connectivity index (χ1) is 7.58. The molecule has 2 rings (SSSR count). The van der Waals surface area contributed by atoms with E-state index >= 15 is 0 Å². The zero-order valence-electron chi connectivity index (χ0n) is 8.49. The summed E-state index contributed by atoms with van der Waals surface area (Å²) in [6.07, 6.45) is 0.464. The third kappa shape index (κ3) is 1.98. The van der Waals surface area contributed by atoms with Gasteiger partial charge in [0.1, 0.15) is 11.6 Å². The lowest BCUT2D eigenvalue weighted by molar-refractivity contribution is -0.140. The Bertz CT molecular complexity index is 422. The molecule has 86 valence electrons. The number of carboxylic acids is 1. The van der Waals surface area contributed by atoms with Crippen molar-refractivity contribution < 1.29 is 18.7 Å². The molecule has 1 aliphatic rings. The predicted molar refractivity (Wildman–Crippen MR) is 54.3 cm³/mol. The molecular weight excluding hydrogens is 216 g/mol. The fourth-order valence-electron chi connectivity index (χ4n) is 1.91. The summed E-state index contributed by atoms with van der Waals surface area (Å²) >= 11 is 0. The number of nitrogens with zero attached hydrogens (tertiary/aromatic N) is 1. The van der Waals surface area contributed by atoms with E-state index in [0.717, 1.165) is 18.2 Å². The van der Waals surface area contributed by atoms with E-state index in [1.807, 2.05) is 0 Å². The van der Waals surface area contributed by atoms with Gasteiger partial charge in [-0.05, 0) is 18.6 Å². The summed E-state index contributed by atoms with van der Waals surface area (Å²) in [6.45, 7) is 0.674. The highest BCUT2D eigenvalue weighted by Crippen LogP contribution is 2.27. The zero-order valence-corrected chi connectivity index (χ0v) is 8.49. The van der Waals surface area contributed by atoms with Gasteiger partial charge in [0.05, 0.1) is 11.6 Å². The van der Waals surface area contributed by atoms with Gasteiger partial charge in [-0.15, -0.1) is 0 Å². The molecule has 1 aromatic carbocycles. The Morgan fingerprint density at radius 1 is 1.44 bits per heavy atom. The van der Waals surface area contributed by atoms with Crippen LogP contribution in [0, 0.1) is 17.6 Å². The normalized spacial score (nSPS) is 20.1. The van der Waals surface area contributed by atoms with Crippen molar-refractivity contribution >= 4 is 11.7 Å². The van der Waals surface area contributed by atoms with E-state index in [1.165, 1.54) is 0 Å². The largest absolute Gasteiger partial charge is 0.481 e. The lowest BCUT2D eigenvalue weighted by Crippen LogP contribution is -2.23. The van der Waals surface area contributed by atoms with Gasteiger partial charge in [-0.2, -0.15) is 0 Å². The van der Waals surface area contributed by atoms with Crippen LogP contribution < -0.4 is 4.90 Å². The first-order valence-corrected chi connectivity index (χ1v) is 5.00. The topological polar surface area (TPSA) is 40.5 Å². The van der Waals surface area contributed by atoms with Gasteiger partial charge in [0.15, 0.2) is 0 Å². The molecule has 1 fully saturated rings. The van der Waals surface area contributed by atoms with Crippen molar-refractivity contribution in [1.82, 2.24) is 0 Å². The minimum absolute atomic E-state index is 0.142. The highest BCUT2D eigenvalue weighted by Gasteiger charge is 2.29. The second-order valence-electron chi connectivity index (χ2n) is 3.87. The van der Waals surface area contributed by atoms with Gasteiger partial charge in [-0.3, -0.25) is 4.79 Å². The third-order valence-electron chi connectivity index (χ3n) is 2.79. The summed E-state index contributed by atoms with van der Waals surface area (Å²) in [4.78, 5) is 12.3. The summed E-state index contributed by atoms with van der Waals surface area (Å²) in [5.41, 5.74) is 0.142. The molecule has 0 saturated carbocycles. The van der Waals surface area contributed by atoms with E-state index in [1.54, 1.807) is 4.90 Å². The van der Waals surface area contributed by atoms with Gasteiger partial charge < -0.3 is 10.0 Å². The average Bonchev–Trinajstić information content (AvgIpc) is 2.70. The Balaban J connectivity index is 2.20. The lowest BCUT2D eigenvalue weighted by Gasteiger charge is -2.18. The van der Waals surface area contributed by atoms with Gasteiger partial charge >= 0.3 is 5.97 Å². The number of anilines is 1. The summed E-state index contributed by atoms with van der Waals surface area (Å²) in [5.74, 6) is -2.43. The highest BCUT2D eigenvalue weighted by molar-refractivity contribution is 5.72. The number of benzene rings is 1. The molecule has 1 N–H and O–H groups in total. The summed E-state index contributed by atoms with van der Waals surface area (Å²) < 4.78 is 26.3. The molecular formula is C11H11F2NO2. The van der Waals surface area contributed by atoms with Crippen molar-refractivity contribution in [3.05, 3.63) is 29.8 Å². The second kappa shape index (κ2) is 4.08. The van der Waals surface area contributed by atoms with E-state index in [4.69, 9.17) is 5.11 Å². The number of rotatable bonds is 2. The third-order valence-corrected chi connectivity index (χ3v) is 2.79. The summed E-state index contributed by atoms with van der Waals surface area (Å²) in [6, 6.07) is 3.20. The molecule has 1 saturated heterocycles. The smallest absolute Gasteiger partial charge is 0.308 e. The van der Waals surface area contributed by atoms with Gasteiger partial charge in [0.2, 0.25) is 0 Å². The first kappa shape index (κ1) is 10.9. The van der Waals surface area contributed by atoms with Crippen molar-refractivity contribution in [2.24, 2.45) is 5.92 Å². The maximum atomic E-state index is 13.4. The average molecular weight is 227 g/mol. The van der Waals surface area contributed by atoms with Crippen molar-refractivity contribution in [2.75, 3.05) is 18.0 Å². The molecule has 1 aliphatic heterocycles. The van der Waals surface area contributed by atoms with Crippen LogP contribution >= 0.6 is 0 Å². The molecule has 0 radical (unpaired) electrons. The molecule has 1 unspecified atom stereocenters. The number of hydrogen-bond acceptors (Lipinski definition) is 2. The minimum atomic E-state index is -0.890.